The summed E-state index contributed by atoms with van der Waals surface area (Å²) in [7, 11) is 0. The number of hydrogen-bond acceptors (Lipinski definition) is 2. The first kappa shape index (κ1) is 14.3. The number of fused-ring (bicyclic) bond motifs is 1. The zero-order valence-electron chi connectivity index (χ0n) is 12.0. The number of amides is 1. The number of hydrogen-bond donors (Lipinski definition) is 0. The predicted molar refractivity (Wildman–Crippen MR) is 82.9 cm³/mol. The molecule has 110 valence electrons. The molecule has 21 heavy (non-hydrogen) atoms. The average molecular weight is 303 g/mol. The number of halogens is 1. The molecule has 1 atom stereocenters. The maximum atomic E-state index is 13.2. The van der Waals surface area contributed by atoms with Crippen molar-refractivity contribution in [1.29, 1.82) is 0 Å². The van der Waals surface area contributed by atoms with Gasteiger partial charge in [-0.15, -0.1) is 11.3 Å². The normalized spacial score (nSPS) is 17.6. The molecule has 0 saturated heterocycles. The fourth-order valence-electron chi connectivity index (χ4n) is 3.06. The maximum absolute atomic E-state index is 13.2. The first-order chi connectivity index (χ1) is 10.2. The number of nitrogens with zero attached hydrogens (tertiary/aromatic N) is 1. The molecule has 0 N–H and O–H groups in total. The van der Waals surface area contributed by atoms with Crippen LogP contribution < -0.4 is 0 Å². The van der Waals surface area contributed by atoms with Gasteiger partial charge in [0.15, 0.2) is 0 Å². The van der Waals surface area contributed by atoms with E-state index >= 15 is 0 Å². The van der Waals surface area contributed by atoms with Gasteiger partial charge in [-0.3, -0.25) is 4.79 Å². The third kappa shape index (κ3) is 2.86. The highest BCUT2D eigenvalue weighted by Crippen LogP contribution is 2.35. The van der Waals surface area contributed by atoms with Crippen molar-refractivity contribution in [3.05, 3.63) is 57.5 Å². The van der Waals surface area contributed by atoms with Crippen molar-refractivity contribution in [1.82, 2.24) is 4.90 Å². The summed E-state index contributed by atoms with van der Waals surface area (Å²) in [5, 5.41) is 2.11. The summed E-state index contributed by atoms with van der Waals surface area (Å²) >= 11 is 1.78. The van der Waals surface area contributed by atoms with Gasteiger partial charge in [0.25, 0.3) is 0 Å². The van der Waals surface area contributed by atoms with E-state index in [1.807, 2.05) is 11.0 Å². The summed E-state index contributed by atoms with van der Waals surface area (Å²) in [6, 6.07) is 8.61. The van der Waals surface area contributed by atoms with Crippen LogP contribution in [0.3, 0.4) is 0 Å². The van der Waals surface area contributed by atoms with E-state index in [4.69, 9.17) is 0 Å². The lowest BCUT2D eigenvalue weighted by Crippen LogP contribution is -2.40. The summed E-state index contributed by atoms with van der Waals surface area (Å²) < 4.78 is 13.2. The molecule has 1 aromatic heterocycles. The number of carbonyl (C=O) groups excluding carboxylic acids is 1. The van der Waals surface area contributed by atoms with Crippen LogP contribution in [0.5, 0.6) is 0 Å². The largest absolute Gasteiger partial charge is 0.335 e. The molecule has 0 saturated carbocycles. The third-order valence-electron chi connectivity index (χ3n) is 4.05. The molecule has 2 nitrogen and oxygen atoms in total. The second-order valence-corrected chi connectivity index (χ2v) is 6.37. The van der Waals surface area contributed by atoms with Crippen molar-refractivity contribution in [3.8, 4) is 0 Å². The Hall–Kier alpha value is -1.68. The van der Waals surface area contributed by atoms with Crippen LogP contribution in [0.4, 0.5) is 4.39 Å². The monoisotopic (exact) mass is 303 g/mol. The van der Waals surface area contributed by atoms with Crippen molar-refractivity contribution in [2.24, 2.45) is 0 Å². The van der Waals surface area contributed by atoms with Gasteiger partial charge in [-0.2, -0.15) is 0 Å². The molecule has 0 bridgehead atoms. The Morgan fingerprint density at radius 1 is 1.43 bits per heavy atom. The molecule has 4 heteroatoms. The Labute approximate surface area is 128 Å². The van der Waals surface area contributed by atoms with E-state index in [1.165, 1.54) is 22.6 Å². The van der Waals surface area contributed by atoms with E-state index in [2.05, 4.69) is 18.4 Å². The topological polar surface area (TPSA) is 20.3 Å². The zero-order chi connectivity index (χ0) is 14.8. The minimum absolute atomic E-state index is 0.0873. The van der Waals surface area contributed by atoms with Crippen LogP contribution in [-0.2, 0) is 17.6 Å². The van der Waals surface area contributed by atoms with E-state index in [-0.39, 0.29) is 24.2 Å². The Balaban J connectivity index is 1.78. The Morgan fingerprint density at radius 3 is 3.05 bits per heavy atom. The quantitative estimate of drug-likeness (QED) is 0.840. The molecule has 0 fully saturated rings. The maximum Gasteiger partial charge on any atom is 0.227 e. The molecule has 3 rings (SSSR count). The molecule has 0 aliphatic carbocycles. The van der Waals surface area contributed by atoms with Crippen LogP contribution in [0.1, 0.15) is 35.4 Å². The van der Waals surface area contributed by atoms with Crippen LogP contribution in [0.2, 0.25) is 0 Å². The number of carbonyl (C=O) groups is 1. The van der Waals surface area contributed by atoms with Crippen LogP contribution in [-0.4, -0.2) is 17.4 Å². The van der Waals surface area contributed by atoms with Crippen molar-refractivity contribution < 1.29 is 9.18 Å². The summed E-state index contributed by atoms with van der Waals surface area (Å²) in [5.74, 6) is -0.199. The Morgan fingerprint density at radius 2 is 2.29 bits per heavy atom. The molecule has 0 spiro atoms. The van der Waals surface area contributed by atoms with E-state index in [0.717, 1.165) is 24.9 Å². The first-order valence-electron chi connectivity index (χ1n) is 7.29. The van der Waals surface area contributed by atoms with E-state index in [9.17, 15) is 9.18 Å². The highest BCUT2D eigenvalue weighted by atomic mass is 32.1. The van der Waals surface area contributed by atoms with Crippen molar-refractivity contribution in [3.63, 3.8) is 0 Å². The first-order valence-corrected chi connectivity index (χ1v) is 8.17. The molecular weight excluding hydrogens is 285 g/mol. The van der Waals surface area contributed by atoms with E-state index in [1.54, 1.807) is 17.4 Å². The van der Waals surface area contributed by atoms with Crippen LogP contribution >= 0.6 is 11.3 Å². The average Bonchev–Trinajstić information content (AvgIpc) is 2.94. The summed E-state index contributed by atoms with van der Waals surface area (Å²) in [6.07, 6.45) is 2.12. The molecule has 1 aliphatic rings. The van der Waals surface area contributed by atoms with Gasteiger partial charge in [0, 0.05) is 11.4 Å². The van der Waals surface area contributed by atoms with Gasteiger partial charge >= 0.3 is 0 Å². The summed E-state index contributed by atoms with van der Waals surface area (Å²) in [4.78, 5) is 15.9. The SMILES string of the molecule is CCC1c2ccsc2CCN1C(=O)Cc1cccc(F)c1. The fourth-order valence-corrected chi connectivity index (χ4v) is 3.99. The molecule has 1 amide bonds. The molecule has 1 aliphatic heterocycles. The lowest BCUT2D eigenvalue weighted by Gasteiger charge is -2.35. The minimum atomic E-state index is -0.286. The number of benzene rings is 1. The summed E-state index contributed by atoms with van der Waals surface area (Å²) in [5.41, 5.74) is 2.03. The van der Waals surface area contributed by atoms with Crippen LogP contribution in [0, 0.1) is 5.82 Å². The number of rotatable bonds is 3. The highest BCUT2D eigenvalue weighted by Gasteiger charge is 2.30. The Bertz CT molecular complexity index is 652. The van der Waals surface area contributed by atoms with Crippen molar-refractivity contribution in [2.75, 3.05) is 6.54 Å². The molecule has 0 radical (unpaired) electrons. The predicted octanol–water partition coefficient (Wildman–Crippen LogP) is 3.97. The second kappa shape index (κ2) is 5.98. The van der Waals surface area contributed by atoms with Crippen LogP contribution in [0.15, 0.2) is 35.7 Å². The molecule has 1 aromatic carbocycles. The smallest absolute Gasteiger partial charge is 0.227 e. The van der Waals surface area contributed by atoms with Gasteiger partial charge in [-0.25, -0.2) is 4.39 Å². The van der Waals surface area contributed by atoms with E-state index < -0.39 is 0 Å². The van der Waals surface area contributed by atoms with Gasteiger partial charge in [0.2, 0.25) is 5.91 Å². The molecular formula is C17H18FNOS. The van der Waals surface area contributed by atoms with Crippen molar-refractivity contribution >= 4 is 17.2 Å². The van der Waals surface area contributed by atoms with Gasteiger partial charge in [-0.1, -0.05) is 19.1 Å². The minimum Gasteiger partial charge on any atom is -0.335 e. The molecule has 2 aromatic rings. The van der Waals surface area contributed by atoms with Gasteiger partial charge in [0.1, 0.15) is 5.82 Å². The molecule has 1 unspecified atom stereocenters. The lowest BCUT2D eigenvalue weighted by molar-refractivity contribution is -0.133. The fraction of sp³-hybridized carbons (Fsp3) is 0.353. The standard InChI is InChI=1S/C17H18FNOS/c1-2-15-14-7-9-21-16(14)6-8-19(15)17(20)11-12-4-3-5-13(18)10-12/h3-5,7,9-10,15H,2,6,8,11H2,1H3. The van der Waals surface area contributed by atoms with Gasteiger partial charge < -0.3 is 4.90 Å². The van der Waals surface area contributed by atoms with Gasteiger partial charge in [0.05, 0.1) is 12.5 Å². The Kier molecular flexibility index (Phi) is 4.06. The number of thiophene rings is 1. The molecule has 2 heterocycles. The van der Waals surface area contributed by atoms with E-state index in [0.29, 0.717) is 0 Å². The van der Waals surface area contributed by atoms with Gasteiger partial charge in [-0.05, 0) is 47.5 Å². The van der Waals surface area contributed by atoms with Crippen LogP contribution in [0.25, 0.3) is 0 Å². The third-order valence-corrected chi connectivity index (χ3v) is 5.04. The summed E-state index contributed by atoms with van der Waals surface area (Å²) in [6.45, 7) is 2.88. The lowest BCUT2D eigenvalue weighted by atomic mass is 9.97. The van der Waals surface area contributed by atoms with Crippen molar-refractivity contribution in [2.45, 2.75) is 32.2 Å². The highest BCUT2D eigenvalue weighted by molar-refractivity contribution is 7.10. The second-order valence-electron chi connectivity index (χ2n) is 5.37. The zero-order valence-corrected chi connectivity index (χ0v) is 12.8.